The molecule has 2 aliphatic rings. The molecule has 1 N–H and O–H groups in total. The lowest BCUT2D eigenvalue weighted by atomic mass is 10.0. The molecular weight excluding hydrogens is 406 g/mol. The topological polar surface area (TPSA) is 97.0 Å². The summed E-state index contributed by atoms with van der Waals surface area (Å²) in [5.74, 6) is 2.24. The molecule has 0 bridgehead atoms. The maximum atomic E-state index is 12.0. The number of nitrogens with one attached hydrogen (secondary N) is 1. The van der Waals surface area contributed by atoms with E-state index in [2.05, 4.69) is 45.3 Å². The molecule has 0 saturated carbocycles. The summed E-state index contributed by atoms with van der Waals surface area (Å²) >= 11 is 0. The van der Waals surface area contributed by atoms with Crippen LogP contribution in [0.3, 0.4) is 0 Å². The van der Waals surface area contributed by atoms with E-state index in [9.17, 15) is 4.79 Å². The van der Waals surface area contributed by atoms with E-state index in [0.717, 1.165) is 48.7 Å². The molecule has 1 amide bonds. The number of anilines is 3. The molecule has 168 valence electrons. The third-order valence-electron chi connectivity index (χ3n) is 6.71. The van der Waals surface area contributed by atoms with Gasteiger partial charge in [-0.3, -0.25) is 9.48 Å². The summed E-state index contributed by atoms with van der Waals surface area (Å²) < 4.78 is 3.90. The largest absolute Gasteiger partial charge is 0.340 e. The Balaban J connectivity index is 1.49. The molecule has 3 aromatic rings. The minimum absolute atomic E-state index is 0.0165. The number of carbonyl (C=O) groups excluding carboxylic acids is 1. The van der Waals surface area contributed by atoms with Crippen molar-refractivity contribution in [3.05, 3.63) is 30.9 Å². The minimum atomic E-state index is 0.0165. The molecule has 2 fully saturated rings. The Morgan fingerprint density at radius 3 is 2.53 bits per heavy atom. The van der Waals surface area contributed by atoms with Gasteiger partial charge in [-0.1, -0.05) is 6.58 Å². The van der Waals surface area contributed by atoms with Gasteiger partial charge in [0.05, 0.1) is 23.9 Å². The van der Waals surface area contributed by atoms with Crippen LogP contribution in [-0.4, -0.2) is 66.3 Å². The minimum Gasteiger partial charge on any atom is -0.340 e. The van der Waals surface area contributed by atoms with Gasteiger partial charge in [-0.05, 0) is 26.8 Å². The molecule has 0 radical (unpaired) electrons. The second-order valence-electron chi connectivity index (χ2n) is 9.05. The Labute approximate surface area is 186 Å². The van der Waals surface area contributed by atoms with E-state index in [-0.39, 0.29) is 11.9 Å². The highest BCUT2D eigenvalue weighted by Crippen LogP contribution is 2.35. The molecular formula is C22H29N9O. The predicted molar refractivity (Wildman–Crippen MR) is 123 cm³/mol. The normalized spacial score (nSPS) is 20.4. The van der Waals surface area contributed by atoms with Crippen molar-refractivity contribution in [3.8, 4) is 0 Å². The van der Waals surface area contributed by atoms with Crippen LogP contribution in [0.25, 0.3) is 11.2 Å². The Morgan fingerprint density at radius 1 is 1.22 bits per heavy atom. The van der Waals surface area contributed by atoms with Crippen LogP contribution in [0.15, 0.2) is 25.2 Å². The van der Waals surface area contributed by atoms with Gasteiger partial charge in [-0.15, -0.1) is 0 Å². The second kappa shape index (κ2) is 7.61. The average Bonchev–Trinajstić information content (AvgIpc) is 3.52. The monoisotopic (exact) mass is 435 g/mol. The van der Waals surface area contributed by atoms with Gasteiger partial charge >= 0.3 is 0 Å². The molecule has 3 aromatic heterocycles. The Bertz CT molecular complexity index is 1180. The molecule has 10 heteroatoms. The van der Waals surface area contributed by atoms with Crippen LogP contribution in [0.2, 0.25) is 0 Å². The van der Waals surface area contributed by atoms with E-state index >= 15 is 0 Å². The van der Waals surface area contributed by atoms with Gasteiger partial charge in [0.2, 0.25) is 11.9 Å². The fraction of sp³-hybridized carbons (Fsp3) is 0.500. The van der Waals surface area contributed by atoms with Crippen molar-refractivity contribution in [1.29, 1.82) is 0 Å². The number of aromatic nitrogens is 6. The molecule has 10 nitrogen and oxygen atoms in total. The maximum absolute atomic E-state index is 12.0. The number of rotatable bonds is 5. The molecule has 2 saturated heterocycles. The predicted octanol–water partition coefficient (Wildman–Crippen LogP) is 2.27. The maximum Gasteiger partial charge on any atom is 0.245 e. The van der Waals surface area contributed by atoms with Crippen molar-refractivity contribution in [2.24, 2.45) is 18.9 Å². The summed E-state index contributed by atoms with van der Waals surface area (Å²) in [5.41, 5.74) is 3.47. The van der Waals surface area contributed by atoms with Crippen LogP contribution >= 0.6 is 0 Å². The molecule has 5 heterocycles. The third kappa shape index (κ3) is 3.30. The fourth-order valence-electron chi connectivity index (χ4n) is 4.73. The van der Waals surface area contributed by atoms with Crippen LogP contribution in [0, 0.1) is 18.8 Å². The highest BCUT2D eigenvalue weighted by Gasteiger charge is 2.42. The van der Waals surface area contributed by atoms with Gasteiger partial charge in [0.1, 0.15) is 0 Å². The van der Waals surface area contributed by atoms with E-state index in [1.54, 1.807) is 6.20 Å². The standard InChI is InChI=1S/C22H29N9O/c1-6-18(32)29-8-15-10-30(11-16(15)9-29)22-26-20(25-17-7-24-28(5)14(17)4)19-21(27-22)31(12-23-19)13(2)3/h6-7,12-13,15-16H,1,8-11H2,2-5H3,(H,25,26,27)/t15-,16+. The molecule has 0 spiro atoms. The number of likely N-dealkylation sites (tertiary alicyclic amines) is 1. The number of hydrogen-bond donors (Lipinski definition) is 1. The average molecular weight is 436 g/mol. The molecule has 32 heavy (non-hydrogen) atoms. The smallest absolute Gasteiger partial charge is 0.245 e. The molecule has 0 aromatic carbocycles. The fourth-order valence-corrected chi connectivity index (χ4v) is 4.73. The quantitative estimate of drug-likeness (QED) is 0.614. The summed E-state index contributed by atoms with van der Waals surface area (Å²) in [4.78, 5) is 30.6. The zero-order valence-electron chi connectivity index (χ0n) is 19.0. The Morgan fingerprint density at radius 2 is 1.94 bits per heavy atom. The number of nitrogens with zero attached hydrogens (tertiary/aromatic N) is 8. The molecule has 0 unspecified atom stereocenters. The highest BCUT2D eigenvalue weighted by molar-refractivity contribution is 5.88. The summed E-state index contributed by atoms with van der Waals surface area (Å²) in [6.45, 7) is 13.1. The van der Waals surface area contributed by atoms with Crippen molar-refractivity contribution in [2.45, 2.75) is 26.8 Å². The first-order valence-corrected chi connectivity index (χ1v) is 11.0. The van der Waals surface area contributed by atoms with Crippen LogP contribution in [0.5, 0.6) is 0 Å². The second-order valence-corrected chi connectivity index (χ2v) is 9.05. The van der Waals surface area contributed by atoms with E-state index in [1.807, 2.05) is 29.9 Å². The number of aryl methyl sites for hydroxylation is 1. The number of amides is 1. The lowest BCUT2D eigenvalue weighted by Gasteiger charge is -2.22. The first kappa shape index (κ1) is 20.5. The van der Waals surface area contributed by atoms with Gasteiger partial charge in [0.15, 0.2) is 17.0 Å². The lowest BCUT2D eigenvalue weighted by Crippen LogP contribution is -2.32. The molecule has 2 atom stereocenters. The van der Waals surface area contributed by atoms with Crippen molar-refractivity contribution in [1.82, 2.24) is 34.2 Å². The summed E-state index contributed by atoms with van der Waals surface area (Å²) in [6, 6.07) is 0.229. The Kier molecular flexibility index (Phi) is 4.87. The van der Waals surface area contributed by atoms with Crippen LogP contribution in [0.1, 0.15) is 25.6 Å². The molecule has 0 aliphatic carbocycles. The van der Waals surface area contributed by atoms with Crippen molar-refractivity contribution in [2.75, 3.05) is 36.4 Å². The van der Waals surface area contributed by atoms with E-state index < -0.39 is 0 Å². The highest BCUT2D eigenvalue weighted by atomic mass is 16.2. The molecule has 5 rings (SSSR count). The summed E-state index contributed by atoms with van der Waals surface area (Å²) in [7, 11) is 1.92. The molecule has 2 aliphatic heterocycles. The zero-order valence-corrected chi connectivity index (χ0v) is 19.0. The number of hydrogen-bond acceptors (Lipinski definition) is 7. The van der Waals surface area contributed by atoms with Crippen molar-refractivity contribution in [3.63, 3.8) is 0 Å². The third-order valence-corrected chi connectivity index (χ3v) is 6.71. The van der Waals surface area contributed by atoms with Gasteiger partial charge in [0.25, 0.3) is 0 Å². The number of imidazole rings is 1. The first-order chi connectivity index (χ1) is 15.4. The number of carbonyl (C=O) groups is 1. The lowest BCUT2D eigenvalue weighted by molar-refractivity contribution is -0.125. The van der Waals surface area contributed by atoms with E-state index in [4.69, 9.17) is 9.97 Å². The van der Waals surface area contributed by atoms with Crippen molar-refractivity contribution < 1.29 is 4.79 Å². The van der Waals surface area contributed by atoms with Gasteiger partial charge in [-0.2, -0.15) is 15.1 Å². The Hall–Kier alpha value is -3.43. The van der Waals surface area contributed by atoms with Crippen LogP contribution < -0.4 is 10.2 Å². The SMILES string of the molecule is C=CC(=O)N1C[C@@H]2CN(c3nc(Nc4cnn(C)c4C)c4ncn(C(C)C)c4n3)C[C@@H]2C1. The van der Waals surface area contributed by atoms with Crippen LogP contribution in [-0.2, 0) is 11.8 Å². The summed E-state index contributed by atoms with van der Waals surface area (Å²) in [6.07, 6.45) is 5.03. The first-order valence-electron chi connectivity index (χ1n) is 11.0. The number of fused-ring (bicyclic) bond motifs is 2. The van der Waals surface area contributed by atoms with E-state index in [0.29, 0.717) is 23.6 Å². The summed E-state index contributed by atoms with van der Waals surface area (Å²) in [5, 5.41) is 7.76. The van der Waals surface area contributed by atoms with Gasteiger partial charge in [-0.25, -0.2) is 4.98 Å². The van der Waals surface area contributed by atoms with Crippen molar-refractivity contribution >= 4 is 34.5 Å². The van der Waals surface area contributed by atoms with E-state index in [1.165, 1.54) is 6.08 Å². The van der Waals surface area contributed by atoms with Gasteiger partial charge < -0.3 is 19.7 Å². The van der Waals surface area contributed by atoms with Gasteiger partial charge in [0, 0.05) is 51.1 Å². The van der Waals surface area contributed by atoms with Crippen LogP contribution in [0.4, 0.5) is 17.5 Å². The zero-order chi connectivity index (χ0) is 22.6.